The fraction of sp³-hybridized carbons (Fsp3) is 0.483. The molecule has 3 N–H and O–H groups in total. The quantitative estimate of drug-likeness (QED) is 0.489. The number of hydrogen-bond acceptors (Lipinski definition) is 8. The number of benzene rings is 2. The van der Waals surface area contributed by atoms with Crippen molar-refractivity contribution in [1.29, 1.82) is 0 Å². The molecule has 0 spiro atoms. The third-order valence-electron chi connectivity index (χ3n) is 8.24. The summed E-state index contributed by atoms with van der Waals surface area (Å²) in [5, 5.41) is 15.5. The monoisotopic (exact) mass is 545 g/mol. The second-order valence-electron chi connectivity index (χ2n) is 10.9. The van der Waals surface area contributed by atoms with Crippen LogP contribution in [0.2, 0.25) is 0 Å². The fourth-order valence-corrected chi connectivity index (χ4v) is 6.39. The highest BCUT2D eigenvalue weighted by atomic mass is 16.5. The van der Waals surface area contributed by atoms with Crippen LogP contribution in [0.1, 0.15) is 62.1 Å². The van der Waals surface area contributed by atoms with Gasteiger partial charge >= 0.3 is 0 Å². The van der Waals surface area contributed by atoms with Crippen LogP contribution in [0, 0.1) is 0 Å². The number of nitrogens with zero attached hydrogens (tertiary/aromatic N) is 5. The van der Waals surface area contributed by atoms with Gasteiger partial charge in [-0.3, -0.25) is 9.59 Å². The van der Waals surface area contributed by atoms with Gasteiger partial charge in [0.2, 0.25) is 0 Å². The number of nitrogens with one attached hydrogen (secondary N) is 1. The van der Waals surface area contributed by atoms with Crippen molar-refractivity contribution in [2.75, 3.05) is 52.6 Å². The number of nitrogens with two attached hydrogens (primary N) is 1. The zero-order valence-corrected chi connectivity index (χ0v) is 22.8. The van der Waals surface area contributed by atoms with Gasteiger partial charge in [-0.15, -0.1) is 10.2 Å². The topological polar surface area (TPSA) is 140 Å². The first-order valence-electron chi connectivity index (χ1n) is 14.0. The second-order valence-corrected chi connectivity index (χ2v) is 10.9. The first-order chi connectivity index (χ1) is 19.5. The van der Waals surface area contributed by atoms with E-state index >= 15 is 0 Å². The van der Waals surface area contributed by atoms with Gasteiger partial charge in [0.15, 0.2) is 5.82 Å². The molecule has 2 fully saturated rings. The molecule has 6 rings (SSSR count). The SMILES string of the molecule is C[C@H](N)CC1(c2nn[nH]n2)c2ccc(C(=O)N3CCOCC3)cc2CCc2cc(C(=O)N3CCOCC3)ccc21. The summed E-state index contributed by atoms with van der Waals surface area (Å²) in [5.41, 5.74) is 11.1. The third kappa shape index (κ3) is 4.78. The normalized spacial score (nSPS) is 19.4. The van der Waals surface area contributed by atoms with E-state index in [1.54, 1.807) is 0 Å². The van der Waals surface area contributed by atoms with Crippen molar-refractivity contribution in [3.63, 3.8) is 0 Å². The van der Waals surface area contributed by atoms with Crippen LogP contribution in [0.4, 0.5) is 0 Å². The maximum absolute atomic E-state index is 13.4. The fourth-order valence-electron chi connectivity index (χ4n) is 6.39. The number of H-pyrrole nitrogens is 1. The Morgan fingerprint density at radius 3 is 1.82 bits per heavy atom. The van der Waals surface area contributed by atoms with E-state index in [0.717, 1.165) is 22.3 Å². The smallest absolute Gasteiger partial charge is 0.254 e. The van der Waals surface area contributed by atoms with Gasteiger partial charge in [0.05, 0.1) is 31.8 Å². The molecule has 2 aromatic carbocycles. The average molecular weight is 546 g/mol. The van der Waals surface area contributed by atoms with Gasteiger partial charge in [0.1, 0.15) is 0 Å². The zero-order valence-electron chi connectivity index (χ0n) is 22.8. The number of rotatable bonds is 5. The summed E-state index contributed by atoms with van der Waals surface area (Å²) in [5.74, 6) is 0.529. The molecule has 0 bridgehead atoms. The van der Waals surface area contributed by atoms with E-state index in [0.29, 0.717) is 88.8 Å². The highest BCUT2D eigenvalue weighted by Crippen LogP contribution is 2.46. The molecule has 0 saturated carbocycles. The molecule has 0 radical (unpaired) electrons. The van der Waals surface area contributed by atoms with Crippen molar-refractivity contribution in [1.82, 2.24) is 30.4 Å². The summed E-state index contributed by atoms with van der Waals surface area (Å²) in [7, 11) is 0. The van der Waals surface area contributed by atoms with Crippen LogP contribution in [0.25, 0.3) is 0 Å². The number of fused-ring (bicyclic) bond motifs is 2. The predicted octanol–water partition coefficient (Wildman–Crippen LogP) is 1.31. The molecule has 1 aromatic heterocycles. The maximum atomic E-state index is 13.4. The molecule has 2 aliphatic heterocycles. The number of aromatic amines is 1. The van der Waals surface area contributed by atoms with Crippen molar-refractivity contribution in [3.05, 3.63) is 75.6 Å². The zero-order chi connectivity index (χ0) is 27.7. The highest BCUT2D eigenvalue weighted by molar-refractivity contribution is 5.95. The first-order valence-corrected chi connectivity index (χ1v) is 14.0. The van der Waals surface area contributed by atoms with E-state index in [2.05, 4.69) is 20.6 Å². The van der Waals surface area contributed by atoms with Gasteiger partial charge < -0.3 is 25.0 Å². The molecule has 3 heterocycles. The first kappa shape index (κ1) is 26.5. The van der Waals surface area contributed by atoms with Crippen LogP contribution >= 0.6 is 0 Å². The van der Waals surface area contributed by atoms with Crippen LogP contribution in [0.15, 0.2) is 36.4 Å². The Labute approximate surface area is 233 Å². The van der Waals surface area contributed by atoms with Gasteiger partial charge in [-0.1, -0.05) is 17.3 Å². The van der Waals surface area contributed by atoms with Crippen molar-refractivity contribution in [2.45, 2.75) is 37.6 Å². The van der Waals surface area contributed by atoms with Gasteiger partial charge in [0.25, 0.3) is 11.8 Å². The summed E-state index contributed by atoms with van der Waals surface area (Å²) >= 11 is 0. The van der Waals surface area contributed by atoms with Gasteiger partial charge in [-0.05, 0) is 72.7 Å². The largest absolute Gasteiger partial charge is 0.378 e. The van der Waals surface area contributed by atoms with E-state index < -0.39 is 5.41 Å². The summed E-state index contributed by atoms with van der Waals surface area (Å²) in [6.45, 7) is 6.49. The van der Waals surface area contributed by atoms with E-state index in [1.807, 2.05) is 53.1 Å². The van der Waals surface area contributed by atoms with Crippen molar-refractivity contribution < 1.29 is 19.1 Å². The van der Waals surface area contributed by atoms with Gasteiger partial charge in [0, 0.05) is 43.3 Å². The number of ether oxygens (including phenoxy) is 2. The lowest BCUT2D eigenvalue weighted by molar-refractivity contribution is 0.0301. The highest BCUT2D eigenvalue weighted by Gasteiger charge is 2.45. The van der Waals surface area contributed by atoms with E-state index in [-0.39, 0.29) is 17.9 Å². The lowest BCUT2D eigenvalue weighted by atomic mass is 9.68. The minimum Gasteiger partial charge on any atom is -0.378 e. The van der Waals surface area contributed by atoms with Crippen LogP contribution in [-0.4, -0.2) is 101 Å². The van der Waals surface area contributed by atoms with Crippen molar-refractivity contribution in [3.8, 4) is 0 Å². The molecular weight excluding hydrogens is 510 g/mol. The van der Waals surface area contributed by atoms with E-state index in [1.165, 1.54) is 0 Å². The van der Waals surface area contributed by atoms with Crippen LogP contribution in [0.5, 0.6) is 0 Å². The maximum Gasteiger partial charge on any atom is 0.254 e. The number of aryl methyl sites for hydroxylation is 2. The average Bonchev–Trinajstić information content (AvgIpc) is 3.50. The predicted molar refractivity (Wildman–Crippen MR) is 146 cm³/mol. The molecule has 3 aromatic rings. The molecule has 1 atom stereocenters. The Hall–Kier alpha value is -3.67. The third-order valence-corrected chi connectivity index (χ3v) is 8.24. The van der Waals surface area contributed by atoms with E-state index in [9.17, 15) is 9.59 Å². The Balaban J connectivity index is 1.46. The molecule has 0 unspecified atom stereocenters. The van der Waals surface area contributed by atoms with Gasteiger partial charge in [-0.25, -0.2) is 0 Å². The molecule has 210 valence electrons. The number of hydrogen-bond donors (Lipinski definition) is 2. The number of carbonyl (C=O) groups is 2. The Bertz CT molecular complexity index is 1300. The Morgan fingerprint density at radius 2 is 1.40 bits per heavy atom. The number of amides is 2. The summed E-state index contributed by atoms with van der Waals surface area (Å²) in [4.78, 5) is 30.5. The Morgan fingerprint density at radius 1 is 0.900 bits per heavy atom. The van der Waals surface area contributed by atoms with Crippen LogP contribution in [-0.2, 0) is 27.7 Å². The summed E-state index contributed by atoms with van der Waals surface area (Å²) in [6, 6.07) is 11.7. The summed E-state index contributed by atoms with van der Waals surface area (Å²) < 4.78 is 10.9. The lowest BCUT2D eigenvalue weighted by Crippen LogP contribution is -2.41. The second kappa shape index (κ2) is 11.1. The summed E-state index contributed by atoms with van der Waals surface area (Å²) in [6.07, 6.45) is 1.92. The molecule has 2 amide bonds. The van der Waals surface area contributed by atoms with Gasteiger partial charge in [-0.2, -0.15) is 5.21 Å². The molecule has 2 saturated heterocycles. The molecule has 3 aliphatic rings. The van der Waals surface area contributed by atoms with Crippen molar-refractivity contribution >= 4 is 11.8 Å². The van der Waals surface area contributed by atoms with Crippen LogP contribution in [0.3, 0.4) is 0 Å². The van der Waals surface area contributed by atoms with Crippen molar-refractivity contribution in [2.24, 2.45) is 5.73 Å². The molecule has 11 heteroatoms. The number of tetrazole rings is 1. The molecule has 11 nitrogen and oxygen atoms in total. The van der Waals surface area contributed by atoms with Crippen LogP contribution < -0.4 is 5.73 Å². The molecule has 1 aliphatic carbocycles. The number of aromatic nitrogens is 4. The lowest BCUT2D eigenvalue weighted by Gasteiger charge is -2.35. The standard InChI is InChI=1S/C29H35N7O4/c1-19(30)18-29(28-31-33-34-32-28)24-6-4-22(26(37)35-8-12-39-13-9-35)16-20(24)2-3-21-17-23(5-7-25(21)29)27(38)36-10-14-40-15-11-36/h4-7,16-17,19H,2-3,8-15,18,30H2,1H3,(H,31,32,33,34)/t19-/m0/s1. The number of morpholine rings is 2. The Kier molecular flexibility index (Phi) is 7.35. The molecular formula is C29H35N7O4. The minimum absolute atomic E-state index is 0.00334. The van der Waals surface area contributed by atoms with E-state index in [4.69, 9.17) is 15.2 Å². The minimum atomic E-state index is -0.802. The number of carbonyl (C=O) groups excluding carboxylic acids is 2. The molecule has 40 heavy (non-hydrogen) atoms.